The molecule has 1 N–H and O–H groups in total. The Morgan fingerprint density at radius 2 is 1.69 bits per heavy atom. The van der Waals surface area contributed by atoms with Crippen molar-refractivity contribution in [1.82, 2.24) is 18.7 Å². The Kier molecular flexibility index (Phi) is 5.50. The lowest BCUT2D eigenvalue weighted by molar-refractivity contribution is -0.115. The molecule has 2 heterocycles. The SMILES string of the molecule is Cn1c(=O)c2nc(S(=O)(=O)CCC(=O)Nc3ccc(Br)cc3)n(C)c2n(C)c1=O. The van der Waals surface area contributed by atoms with Crippen molar-refractivity contribution < 1.29 is 13.2 Å². The Labute approximate surface area is 173 Å². The fourth-order valence-corrected chi connectivity index (χ4v) is 4.55. The van der Waals surface area contributed by atoms with Crippen molar-refractivity contribution in [1.29, 1.82) is 0 Å². The number of nitrogens with zero attached hydrogens (tertiary/aromatic N) is 4. The van der Waals surface area contributed by atoms with Crippen LogP contribution in [0.1, 0.15) is 6.42 Å². The Balaban J connectivity index is 1.88. The lowest BCUT2D eigenvalue weighted by Crippen LogP contribution is -2.37. The molecule has 0 atom stereocenters. The first-order chi connectivity index (χ1) is 13.5. The van der Waals surface area contributed by atoms with Crippen molar-refractivity contribution in [3.8, 4) is 0 Å². The van der Waals surface area contributed by atoms with Gasteiger partial charge in [0.05, 0.1) is 5.75 Å². The highest BCUT2D eigenvalue weighted by Crippen LogP contribution is 2.17. The van der Waals surface area contributed by atoms with E-state index in [1.807, 2.05) is 0 Å². The van der Waals surface area contributed by atoms with E-state index in [2.05, 4.69) is 26.2 Å². The molecule has 10 nitrogen and oxygen atoms in total. The molecule has 1 aromatic carbocycles. The number of halogens is 1. The van der Waals surface area contributed by atoms with Gasteiger partial charge in [-0.2, -0.15) is 0 Å². The Bertz CT molecular complexity index is 1340. The molecular weight excluding hydrogens is 466 g/mol. The third kappa shape index (κ3) is 3.90. The molecule has 0 bridgehead atoms. The summed E-state index contributed by atoms with van der Waals surface area (Å²) in [4.78, 5) is 40.5. The predicted octanol–water partition coefficient (Wildman–Crippen LogP) is 0.536. The fraction of sp³-hybridized carbons (Fsp3) is 0.294. The van der Waals surface area contributed by atoms with Crippen LogP contribution in [0.5, 0.6) is 0 Å². The van der Waals surface area contributed by atoms with E-state index in [-0.39, 0.29) is 22.7 Å². The summed E-state index contributed by atoms with van der Waals surface area (Å²) < 4.78 is 29.5. The summed E-state index contributed by atoms with van der Waals surface area (Å²) in [6.45, 7) is 0. The number of sulfone groups is 1. The summed E-state index contributed by atoms with van der Waals surface area (Å²) in [6.07, 6.45) is -0.293. The number of carbonyl (C=O) groups excluding carboxylic acids is 1. The molecule has 0 aliphatic heterocycles. The van der Waals surface area contributed by atoms with Gasteiger partial charge in [0.15, 0.2) is 11.2 Å². The van der Waals surface area contributed by atoms with Crippen LogP contribution in [0.15, 0.2) is 43.5 Å². The number of hydrogen-bond donors (Lipinski definition) is 1. The lowest BCUT2D eigenvalue weighted by Gasteiger charge is -2.07. The molecule has 29 heavy (non-hydrogen) atoms. The van der Waals surface area contributed by atoms with E-state index in [9.17, 15) is 22.8 Å². The van der Waals surface area contributed by atoms with Crippen molar-refractivity contribution in [2.45, 2.75) is 11.6 Å². The number of hydrogen-bond acceptors (Lipinski definition) is 6. The fourth-order valence-electron chi connectivity index (χ4n) is 2.91. The number of carbonyl (C=O) groups is 1. The molecule has 0 spiro atoms. The second-order valence-electron chi connectivity index (χ2n) is 6.46. The summed E-state index contributed by atoms with van der Waals surface area (Å²) in [7, 11) is 0.135. The maximum absolute atomic E-state index is 12.8. The third-order valence-corrected chi connectivity index (χ3v) is 6.62. The van der Waals surface area contributed by atoms with Crippen LogP contribution >= 0.6 is 15.9 Å². The average molecular weight is 484 g/mol. The molecule has 154 valence electrons. The summed E-state index contributed by atoms with van der Waals surface area (Å²) in [5.74, 6) is -0.973. The maximum Gasteiger partial charge on any atom is 0.332 e. The van der Waals surface area contributed by atoms with Crippen molar-refractivity contribution in [2.75, 3.05) is 11.1 Å². The van der Waals surface area contributed by atoms with Crippen molar-refractivity contribution in [3.05, 3.63) is 49.6 Å². The van der Waals surface area contributed by atoms with Gasteiger partial charge in [-0.05, 0) is 24.3 Å². The molecule has 0 saturated carbocycles. The van der Waals surface area contributed by atoms with Crippen molar-refractivity contribution in [2.24, 2.45) is 21.1 Å². The predicted molar refractivity (Wildman–Crippen MR) is 111 cm³/mol. The van der Waals surface area contributed by atoms with Gasteiger partial charge in [-0.25, -0.2) is 18.2 Å². The Hall–Kier alpha value is -2.73. The van der Waals surface area contributed by atoms with Crippen LogP contribution in [0.3, 0.4) is 0 Å². The zero-order valence-electron chi connectivity index (χ0n) is 15.8. The number of aryl methyl sites for hydroxylation is 2. The van der Waals surface area contributed by atoms with Crippen molar-refractivity contribution >= 4 is 48.5 Å². The smallest absolute Gasteiger partial charge is 0.326 e. The van der Waals surface area contributed by atoms with Gasteiger partial charge in [-0.15, -0.1) is 0 Å². The number of nitrogens with one attached hydrogen (secondary N) is 1. The lowest BCUT2D eigenvalue weighted by atomic mass is 10.3. The number of aromatic nitrogens is 4. The van der Waals surface area contributed by atoms with Gasteiger partial charge in [0, 0.05) is 37.7 Å². The number of rotatable bonds is 5. The van der Waals surface area contributed by atoms with Crippen LogP contribution in [0.4, 0.5) is 5.69 Å². The van der Waals surface area contributed by atoms with E-state index in [1.165, 1.54) is 25.7 Å². The molecule has 0 unspecified atom stereocenters. The highest BCUT2D eigenvalue weighted by Gasteiger charge is 2.26. The molecule has 0 radical (unpaired) electrons. The largest absolute Gasteiger partial charge is 0.332 e. The minimum Gasteiger partial charge on any atom is -0.326 e. The average Bonchev–Trinajstić information content (AvgIpc) is 3.03. The molecule has 2 aromatic heterocycles. The second-order valence-corrected chi connectivity index (χ2v) is 9.37. The Morgan fingerprint density at radius 1 is 1.07 bits per heavy atom. The van der Waals surface area contributed by atoms with Gasteiger partial charge in [0.1, 0.15) is 0 Å². The number of imidazole rings is 1. The van der Waals surface area contributed by atoms with Gasteiger partial charge in [-0.1, -0.05) is 15.9 Å². The van der Waals surface area contributed by atoms with Crippen LogP contribution in [-0.2, 0) is 35.8 Å². The van der Waals surface area contributed by atoms with Crippen LogP contribution in [0.25, 0.3) is 11.2 Å². The van der Waals surface area contributed by atoms with E-state index in [1.54, 1.807) is 24.3 Å². The first-order valence-corrected chi connectivity index (χ1v) is 10.9. The molecule has 0 fully saturated rings. The molecule has 0 aliphatic rings. The van der Waals surface area contributed by atoms with E-state index in [4.69, 9.17) is 0 Å². The minimum atomic E-state index is -3.99. The highest BCUT2D eigenvalue weighted by molar-refractivity contribution is 9.10. The van der Waals surface area contributed by atoms with Crippen LogP contribution < -0.4 is 16.6 Å². The maximum atomic E-state index is 12.8. The first kappa shape index (κ1) is 21.0. The number of amides is 1. The van der Waals surface area contributed by atoms with E-state index in [0.717, 1.165) is 13.6 Å². The molecule has 1 amide bonds. The molecule has 0 saturated heterocycles. The van der Waals surface area contributed by atoms with Crippen LogP contribution in [-0.4, -0.2) is 38.8 Å². The second kappa shape index (κ2) is 7.59. The summed E-state index contributed by atoms with van der Waals surface area (Å²) in [6, 6.07) is 6.85. The Morgan fingerprint density at radius 3 is 2.31 bits per heavy atom. The van der Waals surface area contributed by atoms with Crippen LogP contribution in [0, 0.1) is 0 Å². The van der Waals surface area contributed by atoms with Gasteiger partial charge < -0.3 is 9.88 Å². The van der Waals surface area contributed by atoms with E-state index < -0.39 is 32.7 Å². The van der Waals surface area contributed by atoms with Gasteiger partial charge in [-0.3, -0.25) is 18.7 Å². The summed E-state index contributed by atoms with van der Waals surface area (Å²) in [5.41, 5.74) is -0.778. The standard InChI is InChI=1S/C17H18BrN5O5S/c1-21-14-13(15(25)23(3)17(26)22(14)2)20-16(21)29(27,28)9-8-12(24)19-11-6-4-10(18)5-7-11/h4-7H,8-9H2,1-3H3,(H,19,24). The van der Waals surface area contributed by atoms with Crippen molar-refractivity contribution in [3.63, 3.8) is 0 Å². The van der Waals surface area contributed by atoms with E-state index in [0.29, 0.717) is 5.69 Å². The summed E-state index contributed by atoms with van der Waals surface area (Å²) >= 11 is 3.29. The molecule has 3 rings (SSSR count). The highest BCUT2D eigenvalue weighted by atomic mass is 79.9. The number of benzene rings is 1. The quantitative estimate of drug-likeness (QED) is 0.564. The van der Waals surface area contributed by atoms with Crippen LogP contribution in [0.2, 0.25) is 0 Å². The van der Waals surface area contributed by atoms with Gasteiger partial charge in [0.25, 0.3) is 5.56 Å². The normalized spacial score (nSPS) is 11.7. The molecular formula is C17H18BrN5O5S. The number of anilines is 1. The molecule has 3 aromatic rings. The molecule has 0 aliphatic carbocycles. The van der Waals surface area contributed by atoms with Gasteiger partial charge >= 0.3 is 5.69 Å². The zero-order chi connectivity index (χ0) is 21.5. The number of fused-ring (bicyclic) bond motifs is 1. The summed E-state index contributed by atoms with van der Waals surface area (Å²) in [5, 5.41) is 2.24. The topological polar surface area (TPSA) is 125 Å². The third-order valence-electron chi connectivity index (χ3n) is 4.43. The minimum absolute atomic E-state index is 0.0935. The van der Waals surface area contributed by atoms with Gasteiger partial charge in [0.2, 0.25) is 20.9 Å². The first-order valence-electron chi connectivity index (χ1n) is 8.43. The molecule has 12 heteroatoms. The van der Waals surface area contributed by atoms with E-state index >= 15 is 0 Å². The zero-order valence-corrected chi connectivity index (χ0v) is 18.2. The monoisotopic (exact) mass is 483 g/mol.